The smallest absolute Gasteiger partial charge is 0.252 e. The normalized spacial score (nSPS) is 10.7. The first kappa shape index (κ1) is 20.8. The van der Waals surface area contributed by atoms with Crippen molar-refractivity contribution >= 4 is 29.8 Å². The van der Waals surface area contributed by atoms with Crippen LogP contribution in [0, 0.1) is 27.7 Å². The maximum atomic E-state index is 12.4. The highest BCUT2D eigenvalue weighted by atomic mass is 35.5. The topological polar surface area (TPSA) is 98.2 Å². The second kappa shape index (κ2) is 8.45. The average Bonchev–Trinajstić information content (AvgIpc) is 2.96. The highest BCUT2D eigenvalue weighted by Gasteiger charge is 2.14. The summed E-state index contributed by atoms with van der Waals surface area (Å²) < 4.78 is 1.70. The average molecular weight is 389 g/mol. The van der Waals surface area contributed by atoms with Gasteiger partial charge in [0.15, 0.2) is 5.82 Å². The first-order valence-corrected chi connectivity index (χ1v) is 8.67. The summed E-state index contributed by atoms with van der Waals surface area (Å²) in [4.78, 5) is 21.2. The van der Waals surface area contributed by atoms with Gasteiger partial charge in [-0.1, -0.05) is 6.07 Å². The predicted octanol–water partition coefficient (Wildman–Crippen LogP) is 2.81. The Labute approximate surface area is 164 Å². The third-order valence-electron chi connectivity index (χ3n) is 4.38. The SMILES string of the molecule is Cc1cc(C)cc(NC(=O)CCc2c(C)nc3nc(CN)nn3c2C)c1.Cl. The first-order valence-electron chi connectivity index (χ1n) is 8.67. The lowest BCUT2D eigenvalue weighted by molar-refractivity contribution is -0.116. The van der Waals surface area contributed by atoms with Crippen molar-refractivity contribution in [3.63, 3.8) is 0 Å². The summed E-state index contributed by atoms with van der Waals surface area (Å²) in [6.45, 7) is 8.21. The number of rotatable bonds is 5. The Morgan fingerprint density at radius 1 is 1.11 bits per heavy atom. The van der Waals surface area contributed by atoms with Crippen LogP contribution >= 0.6 is 12.4 Å². The van der Waals surface area contributed by atoms with Crippen LogP contribution in [0.3, 0.4) is 0 Å². The van der Waals surface area contributed by atoms with Crippen LogP contribution in [0.15, 0.2) is 18.2 Å². The Balaban J connectivity index is 0.00000261. The Morgan fingerprint density at radius 2 is 1.78 bits per heavy atom. The van der Waals surface area contributed by atoms with Gasteiger partial charge in [-0.3, -0.25) is 4.79 Å². The van der Waals surface area contributed by atoms with Crippen molar-refractivity contribution in [1.29, 1.82) is 0 Å². The molecule has 0 bridgehead atoms. The summed E-state index contributed by atoms with van der Waals surface area (Å²) in [6.07, 6.45) is 0.968. The zero-order valence-electron chi connectivity index (χ0n) is 16.0. The van der Waals surface area contributed by atoms with Gasteiger partial charge < -0.3 is 11.1 Å². The largest absolute Gasteiger partial charge is 0.326 e. The second-order valence-electron chi connectivity index (χ2n) is 6.63. The molecular formula is C19H25ClN6O. The van der Waals surface area contributed by atoms with Gasteiger partial charge in [-0.25, -0.2) is 9.50 Å². The third-order valence-corrected chi connectivity index (χ3v) is 4.38. The number of nitrogens with zero attached hydrogens (tertiary/aromatic N) is 4. The summed E-state index contributed by atoms with van der Waals surface area (Å²) in [5.41, 5.74) is 11.5. The molecule has 2 aromatic heterocycles. The van der Waals surface area contributed by atoms with E-state index >= 15 is 0 Å². The maximum Gasteiger partial charge on any atom is 0.252 e. The molecule has 0 aliphatic carbocycles. The Kier molecular flexibility index (Phi) is 6.51. The minimum absolute atomic E-state index is 0. The predicted molar refractivity (Wildman–Crippen MR) is 108 cm³/mol. The molecule has 0 fully saturated rings. The van der Waals surface area contributed by atoms with Crippen LogP contribution in [0.1, 0.15) is 40.3 Å². The number of nitrogens with two attached hydrogens (primary N) is 1. The molecule has 0 unspecified atom stereocenters. The number of aromatic nitrogens is 4. The number of carbonyl (C=O) groups excluding carboxylic acids is 1. The number of carbonyl (C=O) groups is 1. The van der Waals surface area contributed by atoms with Crippen LogP contribution in [0.25, 0.3) is 5.78 Å². The van der Waals surface area contributed by atoms with Crippen LogP contribution in [0.5, 0.6) is 0 Å². The number of amides is 1. The van der Waals surface area contributed by atoms with Crippen molar-refractivity contribution in [3.8, 4) is 0 Å². The van der Waals surface area contributed by atoms with Gasteiger partial charge >= 0.3 is 0 Å². The van der Waals surface area contributed by atoms with Crippen molar-refractivity contribution in [1.82, 2.24) is 19.6 Å². The van der Waals surface area contributed by atoms with Gasteiger partial charge in [0.1, 0.15) is 0 Å². The highest BCUT2D eigenvalue weighted by Crippen LogP contribution is 2.17. The van der Waals surface area contributed by atoms with Gasteiger partial charge in [-0.05, 0) is 62.9 Å². The summed E-state index contributed by atoms with van der Waals surface area (Å²) in [6, 6.07) is 6.02. The fourth-order valence-corrected chi connectivity index (χ4v) is 3.21. The van der Waals surface area contributed by atoms with Crippen LogP contribution in [-0.2, 0) is 17.8 Å². The van der Waals surface area contributed by atoms with Gasteiger partial charge in [-0.2, -0.15) is 4.98 Å². The minimum atomic E-state index is -0.0184. The number of nitrogens with one attached hydrogen (secondary N) is 1. The van der Waals surface area contributed by atoms with E-state index in [4.69, 9.17) is 5.73 Å². The van der Waals surface area contributed by atoms with E-state index in [1.165, 1.54) is 0 Å². The zero-order chi connectivity index (χ0) is 18.8. The van der Waals surface area contributed by atoms with Crippen molar-refractivity contribution in [2.24, 2.45) is 5.73 Å². The number of hydrogen-bond acceptors (Lipinski definition) is 5. The van der Waals surface area contributed by atoms with E-state index in [1.807, 2.05) is 39.8 Å². The van der Waals surface area contributed by atoms with Crippen molar-refractivity contribution in [2.75, 3.05) is 5.32 Å². The number of aryl methyl sites for hydroxylation is 4. The van der Waals surface area contributed by atoms with E-state index < -0.39 is 0 Å². The Morgan fingerprint density at radius 3 is 2.41 bits per heavy atom. The molecule has 0 aliphatic rings. The van der Waals surface area contributed by atoms with Crippen LogP contribution in [-0.4, -0.2) is 25.5 Å². The molecule has 144 valence electrons. The van der Waals surface area contributed by atoms with Crippen molar-refractivity contribution in [2.45, 2.75) is 47.1 Å². The van der Waals surface area contributed by atoms with Gasteiger partial charge in [0.05, 0.1) is 6.54 Å². The molecule has 7 nitrogen and oxygen atoms in total. The summed E-state index contributed by atoms with van der Waals surface area (Å²) in [7, 11) is 0. The molecule has 2 heterocycles. The first-order chi connectivity index (χ1) is 12.4. The van der Waals surface area contributed by atoms with Gasteiger partial charge in [0, 0.05) is 23.5 Å². The quantitative estimate of drug-likeness (QED) is 0.700. The van der Waals surface area contributed by atoms with Gasteiger partial charge in [-0.15, -0.1) is 17.5 Å². The zero-order valence-corrected chi connectivity index (χ0v) is 16.9. The lowest BCUT2D eigenvalue weighted by atomic mass is 10.1. The van der Waals surface area contributed by atoms with E-state index in [2.05, 4.69) is 26.4 Å². The van der Waals surface area contributed by atoms with Gasteiger partial charge in [0.25, 0.3) is 5.78 Å². The fourth-order valence-electron chi connectivity index (χ4n) is 3.21. The Hall–Kier alpha value is -2.51. The monoisotopic (exact) mass is 388 g/mol. The molecule has 3 N–H and O–H groups in total. The molecule has 0 saturated carbocycles. The molecule has 0 spiro atoms. The standard InChI is InChI=1S/C19H24N6O.ClH/c1-11-7-12(2)9-15(8-11)22-18(26)6-5-16-13(3)21-19-23-17(10-20)24-25(19)14(16)4;/h7-9H,5-6,10,20H2,1-4H3,(H,22,26);1H. The van der Waals surface area contributed by atoms with E-state index in [9.17, 15) is 4.79 Å². The summed E-state index contributed by atoms with van der Waals surface area (Å²) in [5.74, 6) is 1.09. The van der Waals surface area contributed by atoms with Crippen molar-refractivity contribution < 1.29 is 4.79 Å². The van der Waals surface area contributed by atoms with Crippen LogP contribution in [0.2, 0.25) is 0 Å². The number of fused-ring (bicyclic) bond motifs is 1. The van der Waals surface area contributed by atoms with Crippen LogP contribution < -0.4 is 11.1 Å². The molecular weight excluding hydrogens is 364 g/mol. The fraction of sp³-hybridized carbons (Fsp3) is 0.368. The highest BCUT2D eigenvalue weighted by molar-refractivity contribution is 5.91. The van der Waals surface area contributed by atoms with Gasteiger partial charge in [0.2, 0.25) is 5.91 Å². The lowest BCUT2D eigenvalue weighted by Crippen LogP contribution is -2.14. The minimum Gasteiger partial charge on any atom is -0.326 e. The molecule has 3 rings (SSSR count). The van der Waals surface area contributed by atoms with Crippen molar-refractivity contribution in [3.05, 3.63) is 52.1 Å². The number of hydrogen-bond donors (Lipinski definition) is 2. The number of benzene rings is 1. The molecule has 27 heavy (non-hydrogen) atoms. The third kappa shape index (κ3) is 4.61. The maximum absolute atomic E-state index is 12.4. The molecule has 1 amide bonds. The molecule has 0 saturated heterocycles. The van der Waals surface area contributed by atoms with E-state index in [1.54, 1.807) is 4.52 Å². The van der Waals surface area contributed by atoms with Crippen LogP contribution in [0.4, 0.5) is 5.69 Å². The van der Waals surface area contributed by atoms with E-state index in [0.717, 1.165) is 33.8 Å². The Bertz CT molecular complexity index is 962. The molecule has 0 radical (unpaired) electrons. The summed E-state index contributed by atoms with van der Waals surface area (Å²) >= 11 is 0. The summed E-state index contributed by atoms with van der Waals surface area (Å²) in [5, 5.41) is 7.34. The lowest BCUT2D eigenvalue weighted by Gasteiger charge is -2.11. The van der Waals surface area contributed by atoms with E-state index in [-0.39, 0.29) is 24.9 Å². The molecule has 1 aromatic carbocycles. The van der Waals surface area contributed by atoms with E-state index in [0.29, 0.717) is 24.4 Å². The molecule has 8 heteroatoms. The molecule has 0 aliphatic heterocycles. The molecule has 0 atom stereocenters. The number of anilines is 1. The molecule has 3 aromatic rings. The number of halogens is 1. The second-order valence-corrected chi connectivity index (χ2v) is 6.63.